The van der Waals surface area contributed by atoms with Gasteiger partial charge >= 0.3 is 30.2 Å². The number of amides is 6. The summed E-state index contributed by atoms with van der Waals surface area (Å²) in [5.41, 5.74) is 22.1. The highest BCUT2D eigenvalue weighted by molar-refractivity contribution is 5.96. The summed E-state index contributed by atoms with van der Waals surface area (Å²) in [7, 11) is 0. The molecule has 6 amide bonds. The van der Waals surface area contributed by atoms with Crippen LogP contribution in [0.15, 0.2) is 33.7 Å². The predicted molar refractivity (Wildman–Crippen MR) is 275 cm³/mol. The van der Waals surface area contributed by atoms with Gasteiger partial charge in [0.15, 0.2) is 24.1 Å². The van der Waals surface area contributed by atoms with Crippen molar-refractivity contribution in [1.82, 2.24) is 26.6 Å². The monoisotopic (exact) mass is 1180 g/mol. The second kappa shape index (κ2) is 38.7. The van der Waals surface area contributed by atoms with E-state index in [2.05, 4.69) is 37.2 Å². The topological polar surface area (TPSA) is 548 Å². The molecule has 2 rings (SSSR count). The molecule has 19 N–H and O–H groups in total. The first-order valence-corrected chi connectivity index (χ1v) is 24.8. The Kier molecular flexibility index (Phi) is 33.2. The van der Waals surface area contributed by atoms with Gasteiger partial charge in [0.05, 0.1) is 96.8 Å². The number of carbonyl (C=O) groups excluding carboxylic acids is 6. The number of aliphatic hydroxyl groups excluding tert-OH is 4. The van der Waals surface area contributed by atoms with Crippen LogP contribution in [0.3, 0.4) is 0 Å². The number of aliphatic imine (C=N–C) groups is 2. The fraction of sp³-hybridized carbons (Fsp3) is 0.652. The molecule has 0 aliphatic carbocycles. The van der Waals surface area contributed by atoms with E-state index in [-0.39, 0.29) is 46.2 Å². The van der Waals surface area contributed by atoms with Crippen molar-refractivity contribution in [1.29, 1.82) is 0 Å². The van der Waals surface area contributed by atoms with Crippen molar-refractivity contribution in [2.45, 2.75) is 87.1 Å². The highest BCUT2D eigenvalue weighted by atomic mass is 16.6. The van der Waals surface area contributed by atoms with E-state index in [0.29, 0.717) is 13.2 Å². The molecule has 2 aliphatic rings. The molecule has 0 bridgehead atoms. The number of terminal acetylenes is 1. The zero-order valence-corrected chi connectivity index (χ0v) is 44.7. The molecule has 0 saturated carbocycles. The van der Waals surface area contributed by atoms with Crippen molar-refractivity contribution in [3.63, 3.8) is 0 Å². The fourth-order valence-corrected chi connectivity index (χ4v) is 7.32. The van der Waals surface area contributed by atoms with Gasteiger partial charge in [0, 0.05) is 20.4 Å². The molecular formula is C46H73N11O25. The van der Waals surface area contributed by atoms with Gasteiger partial charge in [0.2, 0.25) is 23.3 Å². The summed E-state index contributed by atoms with van der Waals surface area (Å²) >= 11 is 0. The molecule has 0 unspecified atom stereocenters. The van der Waals surface area contributed by atoms with Crippen molar-refractivity contribution in [2.24, 2.45) is 32.9 Å². The number of carboxylic acid groups (broad SMARTS) is 2. The first-order chi connectivity index (χ1) is 39.0. The van der Waals surface area contributed by atoms with E-state index in [0.717, 1.165) is 26.0 Å². The normalized spacial score (nSPS) is 20.0. The van der Waals surface area contributed by atoms with Gasteiger partial charge in [-0.3, -0.25) is 19.7 Å². The van der Waals surface area contributed by atoms with E-state index >= 15 is 0 Å². The van der Waals surface area contributed by atoms with Gasteiger partial charge in [-0.05, 0) is 18.6 Å². The molecule has 0 spiro atoms. The van der Waals surface area contributed by atoms with Gasteiger partial charge in [-0.2, -0.15) is 0 Å². The second-order valence-corrected chi connectivity index (χ2v) is 17.0. The maximum Gasteiger partial charge on any atom is 0.413 e. The minimum atomic E-state index is -1.82. The summed E-state index contributed by atoms with van der Waals surface area (Å²) in [5, 5.41) is 72.0. The lowest BCUT2D eigenvalue weighted by atomic mass is 9.92. The number of nitrogens with one attached hydrogen (secondary N) is 5. The Hall–Kier alpha value is -7.86. The highest BCUT2D eigenvalue weighted by Gasteiger charge is 2.47. The Labute approximate surface area is 468 Å². The number of carbonyl (C=O) groups is 8. The maximum absolute atomic E-state index is 13.4. The molecule has 462 valence electrons. The van der Waals surface area contributed by atoms with Gasteiger partial charge in [-0.15, -0.1) is 6.42 Å². The van der Waals surface area contributed by atoms with Gasteiger partial charge < -0.3 is 127 Å². The quantitative estimate of drug-likeness (QED) is 0.00898. The number of aliphatic carboxylic acids is 2. The van der Waals surface area contributed by atoms with Crippen molar-refractivity contribution in [2.75, 3.05) is 106 Å². The molecule has 36 heteroatoms. The van der Waals surface area contributed by atoms with Crippen LogP contribution < -0.4 is 49.5 Å². The molecular weight excluding hydrogens is 1110 g/mol. The van der Waals surface area contributed by atoms with Gasteiger partial charge in [-0.1, -0.05) is 5.92 Å². The van der Waals surface area contributed by atoms with Gasteiger partial charge in [-0.25, -0.2) is 34.0 Å². The molecule has 0 radical (unpaired) electrons. The molecule has 0 aromatic carbocycles. The maximum atomic E-state index is 13.4. The van der Waals surface area contributed by atoms with Crippen LogP contribution in [0.25, 0.3) is 0 Å². The number of hydrogen-bond donors (Lipinski definition) is 15. The lowest BCUT2D eigenvalue weighted by Crippen LogP contribution is -2.60. The molecule has 0 aromatic heterocycles. The molecule has 82 heavy (non-hydrogen) atoms. The number of aliphatic hydroxyl groups is 4. The smallest absolute Gasteiger partial charge is 0.413 e. The second-order valence-electron chi connectivity index (χ2n) is 17.0. The fourth-order valence-electron chi connectivity index (χ4n) is 7.32. The summed E-state index contributed by atoms with van der Waals surface area (Å²) in [6.45, 7) is -1.42. The van der Waals surface area contributed by atoms with E-state index in [1.165, 1.54) is 0 Å². The third kappa shape index (κ3) is 27.1. The summed E-state index contributed by atoms with van der Waals surface area (Å²) in [4.78, 5) is 108. The molecule has 0 aromatic rings. The average molecular weight is 1180 g/mol. The first kappa shape index (κ1) is 70.2. The zero-order valence-electron chi connectivity index (χ0n) is 44.7. The van der Waals surface area contributed by atoms with E-state index in [9.17, 15) is 69.0 Å². The van der Waals surface area contributed by atoms with E-state index < -0.39 is 191 Å². The largest absolute Gasteiger partial charge is 0.478 e. The van der Waals surface area contributed by atoms with Gasteiger partial charge in [0.25, 0.3) is 5.91 Å². The minimum Gasteiger partial charge on any atom is -0.478 e. The Balaban J connectivity index is 2.13. The van der Waals surface area contributed by atoms with Crippen LogP contribution in [0.1, 0.15) is 20.3 Å². The van der Waals surface area contributed by atoms with E-state index in [4.69, 9.17) is 81.5 Å². The number of imide groups is 1. The lowest BCUT2D eigenvalue weighted by molar-refractivity contribution is -0.155. The number of nitrogens with two attached hydrogens (primary N) is 4. The first-order valence-electron chi connectivity index (χ1n) is 24.8. The van der Waals surface area contributed by atoms with Crippen LogP contribution in [0, 0.1) is 12.3 Å². The Bertz CT molecular complexity index is 2240. The summed E-state index contributed by atoms with van der Waals surface area (Å²) in [5.74, 6) is -5.75. The predicted octanol–water partition coefficient (Wildman–Crippen LogP) is -7.35. The lowest BCUT2D eigenvalue weighted by Gasteiger charge is -2.40. The van der Waals surface area contributed by atoms with Crippen LogP contribution in [-0.4, -0.2) is 263 Å². The number of alkyl carbamates (subject to hydrolysis) is 3. The van der Waals surface area contributed by atoms with Crippen LogP contribution in [0.5, 0.6) is 0 Å². The van der Waals surface area contributed by atoms with Crippen molar-refractivity contribution in [3.8, 4) is 12.3 Å². The summed E-state index contributed by atoms with van der Waals surface area (Å²) in [6.07, 6.45) is -7.16. The molecule has 11 atom stereocenters. The molecule has 2 heterocycles. The van der Waals surface area contributed by atoms with Crippen molar-refractivity contribution < 1.29 is 121 Å². The third-order valence-corrected chi connectivity index (χ3v) is 10.7. The Morgan fingerprint density at radius 2 is 1.02 bits per heavy atom. The molecule has 36 nitrogen and oxygen atoms in total. The Morgan fingerprint density at radius 3 is 1.43 bits per heavy atom. The summed E-state index contributed by atoms with van der Waals surface area (Å²) in [6, 6.07) is -6.78. The third-order valence-electron chi connectivity index (χ3n) is 10.7. The number of ether oxygens (including phenoxy) is 11. The minimum absolute atomic E-state index is 0.104. The number of nitrogens with zero attached hydrogens (tertiary/aromatic N) is 2. The van der Waals surface area contributed by atoms with Crippen LogP contribution in [0.4, 0.5) is 14.4 Å². The Morgan fingerprint density at radius 1 is 0.622 bits per heavy atom. The average Bonchev–Trinajstić information content (AvgIpc) is 3.52. The van der Waals surface area contributed by atoms with Crippen LogP contribution >= 0.6 is 0 Å². The van der Waals surface area contributed by atoms with E-state index in [1.54, 1.807) is 0 Å². The van der Waals surface area contributed by atoms with E-state index in [1.807, 2.05) is 5.32 Å². The van der Waals surface area contributed by atoms with Crippen molar-refractivity contribution in [3.05, 3.63) is 23.7 Å². The number of rotatable bonds is 38. The SMILES string of the molecule is C#CCOCCOCCOCCOCCOC(=O)NC(=O)[C@@H](CCNC(=O)OCCO[C@@H]([C@@H]1OC(C(=O)O)=C[C@H](N=C(N)N)[C@H]1NC(C)=O)[C@H](O)CO)NC(=O)OCCO[C@@H]([C@@H]1OC(C(=O)O)=C[C@H](N=C(N)N)[C@H]1NC(C)=O)[C@H](O)CO. The molecule has 2 aliphatic heterocycles. The zero-order chi connectivity index (χ0) is 61.1. The van der Waals surface area contributed by atoms with Gasteiger partial charge in [0.1, 0.15) is 56.9 Å². The number of guanidine groups is 2. The molecule has 0 fully saturated rings. The van der Waals surface area contributed by atoms with Crippen LogP contribution in [-0.2, 0) is 76.1 Å². The number of carboxylic acids is 2. The van der Waals surface area contributed by atoms with Crippen LogP contribution in [0.2, 0.25) is 0 Å². The number of hydrogen-bond acceptors (Lipinski definition) is 25. The highest BCUT2D eigenvalue weighted by Crippen LogP contribution is 2.28. The summed E-state index contributed by atoms with van der Waals surface area (Å²) < 4.78 is 58.8. The van der Waals surface area contributed by atoms with Crippen molar-refractivity contribution >= 4 is 59.9 Å². The standard InChI is InChI=1S/C46H73N11O25/c1-4-7-72-8-9-73-10-11-74-12-13-75-14-15-79-46(71)57-39(64)26(56-45(70)80-19-17-77-36(30(63)23-59)38-34(53-25(3)61)28(55-43(49)50)21-32(82-38)41(67)68)5-6-51-44(69)78-18-16-76-35(29(62)22-58)37-33(52-24(2)60)27(54-42(47)48)20-31(81-37)40(65)66/h1,20-21,26-30,33-38,58-59,62-63H,5-19,22-23H2,2-3H3,(H,51,69)(H,52,60)(H,53,61)(H,56,70)(H,65,66)(H,67,68)(H4,47,48,54)(H4,49,50,55)(H,57,64,71)/t26-,27+,28+,29-,30-,33-,34-,35-,36-,37-,38-/m1/s1. The molecule has 0 saturated heterocycles.